The molecule has 5 rings (SSSR count). The molecule has 0 atom stereocenters. The third-order valence-electron chi connectivity index (χ3n) is 5.95. The molecule has 0 N–H and O–H groups in total. The number of aromatic nitrogens is 3. The maximum Gasteiger partial charge on any atom is 0.336 e. The van der Waals surface area contributed by atoms with Crippen molar-refractivity contribution in [2.24, 2.45) is 7.05 Å². The molecule has 0 unspecified atom stereocenters. The van der Waals surface area contributed by atoms with Gasteiger partial charge in [-0.15, -0.1) is 0 Å². The standard InChI is InChI=1S/C26H22FN3O2/c1-16-7-10-20(11-8-16)30-25(31)24-23(21-13-17(2)9-12-22(21)28(24)3)29(26(30)32)15-18-5-4-6-19(27)14-18/h4-14H,15H2,1-3H3. The molecule has 0 aliphatic carbocycles. The summed E-state index contributed by atoms with van der Waals surface area (Å²) in [5.41, 5.74) is 4.23. The summed E-state index contributed by atoms with van der Waals surface area (Å²) in [5, 5.41) is 0.823. The maximum atomic E-state index is 13.9. The van der Waals surface area contributed by atoms with Crippen molar-refractivity contribution in [3.05, 3.63) is 110 Å². The summed E-state index contributed by atoms with van der Waals surface area (Å²) in [4.78, 5) is 27.4. The van der Waals surface area contributed by atoms with Crippen LogP contribution in [0.2, 0.25) is 0 Å². The van der Waals surface area contributed by atoms with Gasteiger partial charge in [-0.1, -0.05) is 41.5 Å². The first-order valence-electron chi connectivity index (χ1n) is 10.4. The molecule has 0 bridgehead atoms. The van der Waals surface area contributed by atoms with E-state index in [1.54, 1.807) is 28.8 Å². The predicted octanol–water partition coefficient (Wildman–Crippen LogP) is 4.45. The largest absolute Gasteiger partial charge is 0.338 e. The minimum absolute atomic E-state index is 0.145. The van der Waals surface area contributed by atoms with Crippen LogP contribution in [0.3, 0.4) is 0 Å². The smallest absolute Gasteiger partial charge is 0.336 e. The molecule has 2 aromatic heterocycles. The molecule has 5 nitrogen and oxygen atoms in total. The zero-order chi connectivity index (χ0) is 22.6. The van der Waals surface area contributed by atoms with Gasteiger partial charge in [-0.05, 0) is 55.8 Å². The van der Waals surface area contributed by atoms with Gasteiger partial charge in [-0.2, -0.15) is 0 Å². The van der Waals surface area contributed by atoms with Crippen LogP contribution in [0.15, 0.2) is 76.3 Å². The average molecular weight is 427 g/mol. The van der Waals surface area contributed by atoms with Crippen LogP contribution in [0.25, 0.3) is 27.6 Å². The summed E-state index contributed by atoms with van der Waals surface area (Å²) in [6, 6.07) is 19.4. The van der Waals surface area contributed by atoms with E-state index in [0.717, 1.165) is 22.0 Å². The van der Waals surface area contributed by atoms with Crippen LogP contribution < -0.4 is 11.2 Å². The number of nitrogens with zero attached hydrogens (tertiary/aromatic N) is 3. The minimum atomic E-state index is -0.454. The van der Waals surface area contributed by atoms with Gasteiger partial charge < -0.3 is 4.57 Å². The van der Waals surface area contributed by atoms with Crippen molar-refractivity contribution < 1.29 is 4.39 Å². The first kappa shape index (κ1) is 20.0. The molecule has 5 aromatic rings. The monoisotopic (exact) mass is 427 g/mol. The van der Waals surface area contributed by atoms with Gasteiger partial charge in [0, 0.05) is 12.4 Å². The first-order chi connectivity index (χ1) is 15.3. The molecule has 0 amide bonds. The lowest BCUT2D eigenvalue weighted by atomic mass is 10.1. The molecule has 6 heteroatoms. The van der Waals surface area contributed by atoms with Gasteiger partial charge >= 0.3 is 5.69 Å². The molecular weight excluding hydrogens is 405 g/mol. The van der Waals surface area contributed by atoms with Crippen molar-refractivity contribution in [2.75, 3.05) is 0 Å². The predicted molar refractivity (Wildman–Crippen MR) is 125 cm³/mol. The van der Waals surface area contributed by atoms with Crippen LogP contribution in [-0.2, 0) is 13.6 Å². The van der Waals surface area contributed by atoms with Gasteiger partial charge in [-0.25, -0.2) is 13.8 Å². The Morgan fingerprint density at radius 2 is 1.56 bits per heavy atom. The molecule has 3 aromatic carbocycles. The Morgan fingerprint density at radius 3 is 2.28 bits per heavy atom. The fourth-order valence-electron chi connectivity index (χ4n) is 4.35. The van der Waals surface area contributed by atoms with Crippen LogP contribution >= 0.6 is 0 Å². The lowest BCUT2D eigenvalue weighted by Gasteiger charge is -2.14. The summed E-state index contributed by atoms with van der Waals surface area (Å²) in [6.45, 7) is 4.07. The number of hydrogen-bond acceptors (Lipinski definition) is 2. The summed E-state index contributed by atoms with van der Waals surface area (Å²) in [7, 11) is 1.83. The number of hydrogen-bond donors (Lipinski definition) is 0. The average Bonchev–Trinajstić information content (AvgIpc) is 3.04. The summed E-state index contributed by atoms with van der Waals surface area (Å²) >= 11 is 0. The Balaban J connectivity index is 1.94. The Bertz CT molecular complexity index is 1620. The van der Waals surface area contributed by atoms with Gasteiger partial charge in [0.25, 0.3) is 5.56 Å². The Labute approximate surface area is 183 Å². The Hall–Kier alpha value is -3.93. The van der Waals surface area contributed by atoms with Crippen molar-refractivity contribution >= 4 is 21.9 Å². The molecule has 0 saturated heterocycles. The summed E-state index contributed by atoms with van der Waals surface area (Å²) < 4.78 is 18.5. The topological polar surface area (TPSA) is 48.9 Å². The van der Waals surface area contributed by atoms with E-state index >= 15 is 0 Å². The van der Waals surface area contributed by atoms with E-state index in [-0.39, 0.29) is 17.9 Å². The number of rotatable bonds is 3. The molecule has 0 radical (unpaired) electrons. The Morgan fingerprint density at radius 1 is 0.844 bits per heavy atom. The second kappa shape index (κ2) is 7.34. The van der Waals surface area contributed by atoms with E-state index in [9.17, 15) is 14.0 Å². The zero-order valence-electron chi connectivity index (χ0n) is 18.1. The Kier molecular flexibility index (Phi) is 4.59. The quantitative estimate of drug-likeness (QED) is 0.427. The van der Waals surface area contributed by atoms with Gasteiger partial charge in [0.05, 0.1) is 23.3 Å². The van der Waals surface area contributed by atoms with E-state index in [0.29, 0.717) is 22.3 Å². The zero-order valence-corrected chi connectivity index (χ0v) is 18.1. The van der Waals surface area contributed by atoms with Gasteiger partial charge in [0.2, 0.25) is 0 Å². The van der Waals surface area contributed by atoms with Crippen molar-refractivity contribution in [1.82, 2.24) is 13.7 Å². The van der Waals surface area contributed by atoms with Crippen LogP contribution in [-0.4, -0.2) is 13.7 Å². The van der Waals surface area contributed by atoms with Crippen molar-refractivity contribution in [1.29, 1.82) is 0 Å². The normalized spacial score (nSPS) is 11.5. The first-order valence-corrected chi connectivity index (χ1v) is 10.4. The highest BCUT2D eigenvalue weighted by Gasteiger charge is 2.21. The molecule has 0 fully saturated rings. The van der Waals surface area contributed by atoms with E-state index in [1.165, 1.54) is 16.7 Å². The lowest BCUT2D eigenvalue weighted by Crippen LogP contribution is -2.39. The molecule has 0 aliphatic heterocycles. The molecular formula is C26H22FN3O2. The number of halogens is 1. The third-order valence-corrected chi connectivity index (χ3v) is 5.95. The molecule has 0 saturated carbocycles. The maximum absolute atomic E-state index is 13.9. The summed E-state index contributed by atoms with van der Waals surface area (Å²) in [6.07, 6.45) is 0. The number of fused-ring (bicyclic) bond motifs is 3. The highest BCUT2D eigenvalue weighted by Crippen LogP contribution is 2.27. The van der Waals surface area contributed by atoms with Crippen molar-refractivity contribution in [3.8, 4) is 5.69 Å². The van der Waals surface area contributed by atoms with Crippen molar-refractivity contribution in [2.45, 2.75) is 20.4 Å². The van der Waals surface area contributed by atoms with Crippen LogP contribution in [0, 0.1) is 19.7 Å². The highest BCUT2D eigenvalue weighted by molar-refractivity contribution is 6.06. The fraction of sp³-hybridized carbons (Fsp3) is 0.154. The van der Waals surface area contributed by atoms with Gasteiger partial charge in [-0.3, -0.25) is 9.36 Å². The third kappa shape index (κ3) is 3.07. The molecule has 0 aliphatic rings. The molecule has 0 spiro atoms. The van der Waals surface area contributed by atoms with E-state index in [2.05, 4.69) is 0 Å². The van der Waals surface area contributed by atoms with Gasteiger partial charge in [0.15, 0.2) is 0 Å². The molecule has 32 heavy (non-hydrogen) atoms. The van der Waals surface area contributed by atoms with Crippen LogP contribution in [0.1, 0.15) is 16.7 Å². The SMILES string of the molecule is Cc1ccc(-n2c(=O)c3c(c4cc(C)ccc4n3C)n(Cc3cccc(F)c3)c2=O)cc1. The van der Waals surface area contributed by atoms with Crippen LogP contribution in [0.4, 0.5) is 4.39 Å². The van der Waals surface area contributed by atoms with Gasteiger partial charge in [0.1, 0.15) is 11.3 Å². The lowest BCUT2D eigenvalue weighted by molar-refractivity contribution is 0.622. The van der Waals surface area contributed by atoms with E-state index in [4.69, 9.17) is 0 Å². The minimum Gasteiger partial charge on any atom is -0.338 e. The second-order valence-corrected chi connectivity index (χ2v) is 8.25. The number of benzene rings is 3. The van der Waals surface area contributed by atoms with E-state index < -0.39 is 5.69 Å². The summed E-state index contributed by atoms with van der Waals surface area (Å²) in [5.74, 6) is -0.368. The second-order valence-electron chi connectivity index (χ2n) is 8.25. The fourth-order valence-corrected chi connectivity index (χ4v) is 4.35. The van der Waals surface area contributed by atoms with Crippen molar-refractivity contribution in [3.63, 3.8) is 0 Å². The van der Waals surface area contributed by atoms with E-state index in [1.807, 2.05) is 55.8 Å². The number of aryl methyl sites for hydroxylation is 3. The molecule has 160 valence electrons. The van der Waals surface area contributed by atoms with Crippen LogP contribution in [0.5, 0.6) is 0 Å². The highest BCUT2D eigenvalue weighted by atomic mass is 19.1. The molecule has 2 heterocycles.